The summed E-state index contributed by atoms with van der Waals surface area (Å²) in [6.45, 7) is -0.215. The fourth-order valence-electron chi connectivity index (χ4n) is 1.54. The number of rotatable bonds is 2. The maximum Gasteiger partial charge on any atom is 0.345 e. The van der Waals surface area contributed by atoms with Gasteiger partial charge in [0, 0.05) is 6.92 Å². The van der Waals surface area contributed by atoms with E-state index in [-0.39, 0.29) is 5.92 Å². The zero-order valence-corrected chi connectivity index (χ0v) is 9.78. The van der Waals surface area contributed by atoms with Crippen molar-refractivity contribution >= 4 is 17.9 Å². The molecule has 98 valence electrons. The summed E-state index contributed by atoms with van der Waals surface area (Å²) < 4.78 is 14.9. The standard InChI is InChI=1S/C7H12O2.C4H5FO3/c8-7(9)6-4-2-1-3-5-6;1-3(6)8-4(7)2-5/h6H,1-5H2,(H,8,9);2H2,1H3. The van der Waals surface area contributed by atoms with Gasteiger partial charge in [-0.1, -0.05) is 19.3 Å². The summed E-state index contributed by atoms with van der Waals surface area (Å²) >= 11 is 0. The third-order valence-corrected chi connectivity index (χ3v) is 2.32. The van der Waals surface area contributed by atoms with Gasteiger partial charge in [0.1, 0.15) is 0 Å². The molecule has 1 fully saturated rings. The van der Waals surface area contributed by atoms with Gasteiger partial charge in [-0.25, -0.2) is 9.18 Å². The quantitative estimate of drug-likeness (QED) is 0.594. The molecule has 1 N–H and O–H groups in total. The van der Waals surface area contributed by atoms with Crippen molar-refractivity contribution in [3.63, 3.8) is 0 Å². The van der Waals surface area contributed by atoms with Crippen LogP contribution in [0.5, 0.6) is 0 Å². The number of halogens is 1. The van der Waals surface area contributed by atoms with E-state index < -0.39 is 24.6 Å². The van der Waals surface area contributed by atoms with Gasteiger partial charge in [-0.05, 0) is 12.8 Å². The Morgan fingerprint density at radius 3 is 2.00 bits per heavy atom. The van der Waals surface area contributed by atoms with Crippen molar-refractivity contribution in [1.82, 2.24) is 0 Å². The van der Waals surface area contributed by atoms with Crippen LogP contribution >= 0.6 is 0 Å². The molecule has 1 aliphatic carbocycles. The number of carboxylic acids is 1. The Morgan fingerprint density at radius 2 is 1.76 bits per heavy atom. The first kappa shape index (κ1) is 15.5. The van der Waals surface area contributed by atoms with Crippen LogP contribution in [0, 0.1) is 5.92 Å². The lowest BCUT2D eigenvalue weighted by Crippen LogP contribution is -2.16. The number of hydrogen-bond acceptors (Lipinski definition) is 4. The van der Waals surface area contributed by atoms with E-state index in [1.54, 1.807) is 0 Å². The maximum absolute atomic E-state index is 11.1. The predicted molar refractivity (Wildman–Crippen MR) is 57.0 cm³/mol. The van der Waals surface area contributed by atoms with Gasteiger partial charge in [0.2, 0.25) is 0 Å². The van der Waals surface area contributed by atoms with Gasteiger partial charge in [0.05, 0.1) is 5.92 Å². The van der Waals surface area contributed by atoms with Crippen molar-refractivity contribution in [1.29, 1.82) is 0 Å². The van der Waals surface area contributed by atoms with E-state index in [0.717, 1.165) is 32.6 Å². The minimum atomic E-state index is -1.25. The topological polar surface area (TPSA) is 80.7 Å². The second-order valence-electron chi connectivity index (χ2n) is 3.77. The lowest BCUT2D eigenvalue weighted by molar-refractivity contribution is -0.158. The molecule has 0 amide bonds. The van der Waals surface area contributed by atoms with Gasteiger partial charge >= 0.3 is 17.9 Å². The van der Waals surface area contributed by atoms with Crippen LogP contribution in [0.1, 0.15) is 39.0 Å². The van der Waals surface area contributed by atoms with Crippen LogP contribution in [-0.2, 0) is 19.1 Å². The van der Waals surface area contributed by atoms with Gasteiger partial charge in [-0.15, -0.1) is 0 Å². The Balaban J connectivity index is 0.000000304. The summed E-state index contributed by atoms with van der Waals surface area (Å²) in [7, 11) is 0. The van der Waals surface area contributed by atoms with Gasteiger partial charge < -0.3 is 9.84 Å². The molecule has 0 aromatic heterocycles. The Kier molecular flexibility index (Phi) is 7.92. The molecule has 0 unspecified atom stereocenters. The lowest BCUT2D eigenvalue weighted by Gasteiger charge is -2.16. The second-order valence-corrected chi connectivity index (χ2v) is 3.77. The van der Waals surface area contributed by atoms with E-state index in [0.29, 0.717) is 0 Å². The highest BCUT2D eigenvalue weighted by Crippen LogP contribution is 2.23. The minimum Gasteiger partial charge on any atom is -0.481 e. The van der Waals surface area contributed by atoms with Crippen LogP contribution < -0.4 is 0 Å². The number of carbonyl (C=O) groups is 3. The molecule has 5 nitrogen and oxygen atoms in total. The fraction of sp³-hybridized carbons (Fsp3) is 0.727. The molecule has 17 heavy (non-hydrogen) atoms. The zero-order chi connectivity index (χ0) is 13.3. The van der Waals surface area contributed by atoms with Crippen molar-refractivity contribution in [2.75, 3.05) is 6.67 Å². The molecule has 0 bridgehead atoms. The SMILES string of the molecule is CC(=O)OC(=O)CF.O=C(O)C1CCCCC1. The first-order valence-electron chi connectivity index (χ1n) is 5.47. The van der Waals surface area contributed by atoms with Crippen LogP contribution in [-0.4, -0.2) is 29.7 Å². The van der Waals surface area contributed by atoms with Crippen molar-refractivity contribution < 1.29 is 28.6 Å². The second kappa shape index (κ2) is 8.66. The number of carbonyl (C=O) groups excluding carboxylic acids is 2. The highest BCUT2D eigenvalue weighted by atomic mass is 19.1. The summed E-state index contributed by atoms with van der Waals surface area (Å²) in [6.07, 6.45) is 5.24. The van der Waals surface area contributed by atoms with Crippen molar-refractivity contribution in [2.24, 2.45) is 5.92 Å². The van der Waals surface area contributed by atoms with E-state index >= 15 is 0 Å². The average molecular weight is 248 g/mol. The van der Waals surface area contributed by atoms with Crippen LogP contribution in [0.25, 0.3) is 0 Å². The molecule has 0 radical (unpaired) electrons. The lowest BCUT2D eigenvalue weighted by atomic mass is 9.90. The van der Waals surface area contributed by atoms with Gasteiger partial charge in [0.25, 0.3) is 0 Å². The number of carboxylic acid groups (broad SMARTS) is 1. The summed E-state index contributed by atoms with van der Waals surface area (Å²) in [5.74, 6) is -2.56. The summed E-state index contributed by atoms with van der Waals surface area (Å²) in [4.78, 5) is 30.0. The van der Waals surface area contributed by atoms with Crippen molar-refractivity contribution in [3.8, 4) is 0 Å². The summed E-state index contributed by atoms with van der Waals surface area (Å²) in [5, 5.41) is 8.54. The van der Waals surface area contributed by atoms with Crippen LogP contribution in [0.15, 0.2) is 0 Å². The van der Waals surface area contributed by atoms with Crippen LogP contribution in [0.2, 0.25) is 0 Å². The molecule has 0 spiro atoms. The minimum absolute atomic E-state index is 0.0289. The Labute approximate surface area is 98.9 Å². The molecule has 0 atom stereocenters. The molecule has 0 heterocycles. The number of aliphatic carboxylic acids is 1. The smallest absolute Gasteiger partial charge is 0.345 e. The Morgan fingerprint density at radius 1 is 1.24 bits per heavy atom. The molecular formula is C11H17FO5. The fourth-order valence-corrected chi connectivity index (χ4v) is 1.54. The van der Waals surface area contributed by atoms with Gasteiger partial charge in [-0.2, -0.15) is 0 Å². The largest absolute Gasteiger partial charge is 0.481 e. The zero-order valence-electron chi connectivity index (χ0n) is 9.78. The number of esters is 2. The van der Waals surface area contributed by atoms with Crippen molar-refractivity contribution in [2.45, 2.75) is 39.0 Å². The van der Waals surface area contributed by atoms with E-state index in [1.807, 2.05) is 0 Å². The molecular weight excluding hydrogens is 231 g/mol. The van der Waals surface area contributed by atoms with E-state index in [9.17, 15) is 18.8 Å². The van der Waals surface area contributed by atoms with Crippen LogP contribution in [0.4, 0.5) is 4.39 Å². The third kappa shape index (κ3) is 8.36. The molecule has 0 aliphatic heterocycles. The first-order valence-corrected chi connectivity index (χ1v) is 5.47. The van der Waals surface area contributed by atoms with Gasteiger partial charge in [0.15, 0.2) is 6.67 Å². The third-order valence-electron chi connectivity index (χ3n) is 2.32. The first-order chi connectivity index (χ1) is 7.97. The Bertz CT molecular complexity index is 271. The number of ether oxygens (including phenoxy) is 1. The normalized spacial score (nSPS) is 15.4. The summed E-state index contributed by atoms with van der Waals surface area (Å²) in [6, 6.07) is 0. The molecule has 6 heteroatoms. The number of alkyl halides is 1. The van der Waals surface area contributed by atoms with Crippen LogP contribution in [0.3, 0.4) is 0 Å². The predicted octanol–water partition coefficient (Wildman–Crippen LogP) is 1.70. The monoisotopic (exact) mass is 248 g/mol. The molecule has 0 saturated heterocycles. The van der Waals surface area contributed by atoms with E-state index in [4.69, 9.17) is 5.11 Å². The Hall–Kier alpha value is -1.46. The van der Waals surface area contributed by atoms with E-state index in [1.165, 1.54) is 6.42 Å². The summed E-state index contributed by atoms with van der Waals surface area (Å²) in [5.41, 5.74) is 0. The average Bonchev–Trinajstić information content (AvgIpc) is 2.30. The number of hydrogen-bond donors (Lipinski definition) is 1. The highest BCUT2D eigenvalue weighted by Gasteiger charge is 2.19. The maximum atomic E-state index is 11.1. The molecule has 0 aromatic rings. The van der Waals surface area contributed by atoms with E-state index in [2.05, 4.69) is 4.74 Å². The van der Waals surface area contributed by atoms with Crippen molar-refractivity contribution in [3.05, 3.63) is 0 Å². The molecule has 0 aromatic carbocycles. The van der Waals surface area contributed by atoms with Gasteiger partial charge in [-0.3, -0.25) is 9.59 Å². The molecule has 1 saturated carbocycles. The molecule has 1 aliphatic rings. The highest BCUT2D eigenvalue weighted by molar-refractivity contribution is 5.84. The molecule has 1 rings (SSSR count).